The Morgan fingerprint density at radius 3 is 2.72 bits per heavy atom. The summed E-state index contributed by atoms with van der Waals surface area (Å²) in [6, 6.07) is 18.3. The van der Waals surface area contributed by atoms with Crippen LogP contribution >= 0.6 is 0 Å². The quantitative estimate of drug-likeness (QED) is 0.755. The molecule has 1 aromatic heterocycles. The normalized spacial score (nSPS) is 13.4. The van der Waals surface area contributed by atoms with Gasteiger partial charge in [-0.15, -0.1) is 0 Å². The molecule has 0 unspecified atom stereocenters. The maximum Gasteiger partial charge on any atom is 0.133 e. The van der Waals surface area contributed by atoms with Crippen LogP contribution in [0.1, 0.15) is 29.5 Å². The van der Waals surface area contributed by atoms with Gasteiger partial charge in [0.25, 0.3) is 0 Å². The van der Waals surface area contributed by atoms with E-state index in [0.29, 0.717) is 5.56 Å². The van der Waals surface area contributed by atoms with E-state index in [1.807, 2.05) is 28.9 Å². The van der Waals surface area contributed by atoms with Crippen LogP contribution in [0.25, 0.3) is 16.9 Å². The molecule has 2 heterocycles. The molecule has 0 fully saturated rings. The standard InChI is InChI=1S/C21H20N4/c1-15-5-4-6-17(13-15)20-19-7-2-3-12-23-21(19)25(24-20)18-10-8-16(14-22)9-11-18/h4-6,8-11,13,23H,2-3,7,12H2,1H3. The molecule has 3 aromatic rings. The van der Waals surface area contributed by atoms with Crippen molar-refractivity contribution in [1.82, 2.24) is 9.78 Å². The number of benzene rings is 2. The number of anilines is 1. The van der Waals surface area contributed by atoms with Gasteiger partial charge in [-0.25, -0.2) is 4.68 Å². The molecule has 4 rings (SSSR count). The van der Waals surface area contributed by atoms with Crippen molar-refractivity contribution in [2.75, 3.05) is 11.9 Å². The van der Waals surface area contributed by atoms with Gasteiger partial charge >= 0.3 is 0 Å². The van der Waals surface area contributed by atoms with Crippen LogP contribution in [0.4, 0.5) is 5.82 Å². The van der Waals surface area contributed by atoms with Gasteiger partial charge in [-0.05, 0) is 56.5 Å². The van der Waals surface area contributed by atoms with Gasteiger partial charge in [0.1, 0.15) is 5.82 Å². The zero-order valence-electron chi connectivity index (χ0n) is 14.3. The summed E-state index contributed by atoms with van der Waals surface area (Å²) in [5, 5.41) is 17.5. The lowest BCUT2D eigenvalue weighted by Crippen LogP contribution is -2.07. The number of aryl methyl sites for hydroxylation is 1. The summed E-state index contributed by atoms with van der Waals surface area (Å²) in [7, 11) is 0. The van der Waals surface area contributed by atoms with E-state index in [1.54, 1.807) is 0 Å². The molecule has 0 saturated carbocycles. The van der Waals surface area contributed by atoms with Crippen LogP contribution in [0.15, 0.2) is 48.5 Å². The fourth-order valence-corrected chi connectivity index (χ4v) is 3.39. The Hall–Kier alpha value is -3.06. The molecule has 124 valence electrons. The summed E-state index contributed by atoms with van der Waals surface area (Å²) in [6.07, 6.45) is 3.36. The number of aromatic nitrogens is 2. The van der Waals surface area contributed by atoms with Crippen LogP contribution in [0.2, 0.25) is 0 Å². The van der Waals surface area contributed by atoms with Crippen molar-refractivity contribution < 1.29 is 0 Å². The second kappa shape index (κ2) is 6.45. The Labute approximate surface area is 147 Å². The minimum Gasteiger partial charge on any atom is -0.370 e. The molecule has 0 bridgehead atoms. The highest BCUT2D eigenvalue weighted by molar-refractivity contribution is 5.71. The highest BCUT2D eigenvalue weighted by Gasteiger charge is 2.21. The van der Waals surface area contributed by atoms with Crippen molar-refractivity contribution in [2.24, 2.45) is 0 Å². The van der Waals surface area contributed by atoms with E-state index in [2.05, 4.69) is 42.6 Å². The maximum absolute atomic E-state index is 9.02. The third kappa shape index (κ3) is 2.89. The summed E-state index contributed by atoms with van der Waals surface area (Å²) in [5.41, 5.74) is 6.37. The molecule has 0 atom stereocenters. The van der Waals surface area contributed by atoms with Gasteiger partial charge in [0.15, 0.2) is 0 Å². The maximum atomic E-state index is 9.02. The molecule has 0 saturated heterocycles. The van der Waals surface area contributed by atoms with Crippen LogP contribution < -0.4 is 5.32 Å². The lowest BCUT2D eigenvalue weighted by atomic mass is 10.0. The fourth-order valence-electron chi connectivity index (χ4n) is 3.39. The minimum atomic E-state index is 0.661. The second-order valence-corrected chi connectivity index (χ2v) is 6.50. The van der Waals surface area contributed by atoms with Gasteiger partial charge in [0, 0.05) is 17.7 Å². The van der Waals surface area contributed by atoms with Gasteiger partial charge in [-0.2, -0.15) is 10.4 Å². The van der Waals surface area contributed by atoms with E-state index < -0.39 is 0 Å². The van der Waals surface area contributed by atoms with Gasteiger partial charge in [0.05, 0.1) is 23.0 Å². The lowest BCUT2D eigenvalue weighted by Gasteiger charge is -2.09. The van der Waals surface area contributed by atoms with Crippen LogP contribution in [-0.4, -0.2) is 16.3 Å². The first-order valence-electron chi connectivity index (χ1n) is 8.69. The molecule has 4 heteroatoms. The van der Waals surface area contributed by atoms with E-state index in [0.717, 1.165) is 48.6 Å². The molecular weight excluding hydrogens is 308 g/mol. The van der Waals surface area contributed by atoms with Crippen molar-refractivity contribution in [2.45, 2.75) is 26.2 Å². The topological polar surface area (TPSA) is 53.6 Å². The molecule has 0 spiro atoms. The minimum absolute atomic E-state index is 0.661. The monoisotopic (exact) mass is 328 g/mol. The SMILES string of the molecule is Cc1cccc(-c2nn(-c3ccc(C#N)cc3)c3c2CCCCN3)c1. The van der Waals surface area contributed by atoms with Gasteiger partial charge in [-0.1, -0.05) is 23.8 Å². The van der Waals surface area contributed by atoms with E-state index in [1.165, 1.54) is 11.1 Å². The second-order valence-electron chi connectivity index (χ2n) is 6.50. The predicted molar refractivity (Wildman–Crippen MR) is 99.9 cm³/mol. The average molecular weight is 328 g/mol. The summed E-state index contributed by atoms with van der Waals surface area (Å²) in [4.78, 5) is 0. The Morgan fingerprint density at radius 2 is 1.96 bits per heavy atom. The number of rotatable bonds is 2. The van der Waals surface area contributed by atoms with Crippen LogP contribution in [0.3, 0.4) is 0 Å². The Kier molecular flexibility index (Phi) is 3.99. The summed E-state index contributed by atoms with van der Waals surface area (Å²) < 4.78 is 1.99. The Bertz CT molecular complexity index is 945. The first-order chi connectivity index (χ1) is 12.3. The average Bonchev–Trinajstić information content (AvgIpc) is 2.83. The van der Waals surface area contributed by atoms with E-state index >= 15 is 0 Å². The lowest BCUT2D eigenvalue weighted by molar-refractivity contribution is 0.780. The molecule has 4 nitrogen and oxygen atoms in total. The molecule has 1 aliphatic rings. The molecule has 2 aromatic carbocycles. The van der Waals surface area contributed by atoms with Crippen molar-refractivity contribution in [3.63, 3.8) is 0 Å². The largest absolute Gasteiger partial charge is 0.370 e. The summed E-state index contributed by atoms with van der Waals surface area (Å²) in [5.74, 6) is 1.08. The predicted octanol–water partition coefficient (Wildman–Crippen LogP) is 4.47. The summed E-state index contributed by atoms with van der Waals surface area (Å²) >= 11 is 0. The molecule has 25 heavy (non-hydrogen) atoms. The highest BCUT2D eigenvalue weighted by atomic mass is 15.3. The van der Waals surface area contributed by atoms with Crippen LogP contribution in [0, 0.1) is 18.3 Å². The molecule has 1 aliphatic heterocycles. The molecule has 1 N–H and O–H groups in total. The van der Waals surface area contributed by atoms with Crippen molar-refractivity contribution >= 4 is 5.82 Å². The number of nitrogens with zero attached hydrogens (tertiary/aromatic N) is 3. The first-order valence-corrected chi connectivity index (χ1v) is 8.69. The Balaban J connectivity index is 1.88. The van der Waals surface area contributed by atoms with Crippen molar-refractivity contribution in [1.29, 1.82) is 5.26 Å². The smallest absolute Gasteiger partial charge is 0.133 e. The van der Waals surface area contributed by atoms with Crippen LogP contribution in [0.5, 0.6) is 0 Å². The number of nitrogens with one attached hydrogen (secondary N) is 1. The van der Waals surface area contributed by atoms with Crippen molar-refractivity contribution in [3.05, 3.63) is 65.2 Å². The highest BCUT2D eigenvalue weighted by Crippen LogP contribution is 2.34. The zero-order chi connectivity index (χ0) is 17.2. The summed E-state index contributed by atoms with van der Waals surface area (Å²) in [6.45, 7) is 3.07. The third-order valence-electron chi connectivity index (χ3n) is 4.66. The number of nitriles is 1. The van der Waals surface area contributed by atoms with E-state index in [9.17, 15) is 0 Å². The first kappa shape index (κ1) is 15.5. The molecule has 0 aliphatic carbocycles. The van der Waals surface area contributed by atoms with E-state index in [4.69, 9.17) is 10.4 Å². The number of hydrogen-bond acceptors (Lipinski definition) is 3. The Morgan fingerprint density at radius 1 is 1.12 bits per heavy atom. The molecular formula is C21H20N4. The van der Waals surface area contributed by atoms with Gasteiger partial charge in [0.2, 0.25) is 0 Å². The van der Waals surface area contributed by atoms with Gasteiger partial charge < -0.3 is 5.32 Å². The van der Waals surface area contributed by atoms with Crippen molar-refractivity contribution in [3.8, 4) is 23.0 Å². The van der Waals surface area contributed by atoms with E-state index in [-0.39, 0.29) is 0 Å². The molecule has 0 amide bonds. The number of hydrogen-bond donors (Lipinski definition) is 1. The number of fused-ring (bicyclic) bond motifs is 1. The van der Waals surface area contributed by atoms with Gasteiger partial charge in [-0.3, -0.25) is 0 Å². The molecule has 0 radical (unpaired) electrons. The van der Waals surface area contributed by atoms with Crippen LogP contribution in [-0.2, 0) is 6.42 Å². The zero-order valence-corrected chi connectivity index (χ0v) is 14.3. The third-order valence-corrected chi connectivity index (χ3v) is 4.66. The fraction of sp³-hybridized carbons (Fsp3) is 0.238.